The Morgan fingerprint density at radius 1 is 1.10 bits per heavy atom. The molecule has 1 fully saturated rings. The minimum atomic E-state index is -0.374. The van der Waals surface area contributed by atoms with Crippen LogP contribution in [0.4, 0.5) is 11.5 Å². The molecule has 2 aromatic carbocycles. The first-order chi connectivity index (χ1) is 15.1. The molecular formula is C25H26N4O2. The number of nitrogens with zero attached hydrogens (tertiary/aromatic N) is 3. The molecule has 5 rings (SSSR count). The summed E-state index contributed by atoms with van der Waals surface area (Å²) in [6.07, 6.45) is 3.59. The number of anilines is 2. The van der Waals surface area contributed by atoms with Crippen LogP contribution in [0.2, 0.25) is 0 Å². The average molecular weight is 415 g/mol. The molecule has 0 spiro atoms. The Morgan fingerprint density at radius 3 is 2.74 bits per heavy atom. The second-order valence-electron chi connectivity index (χ2n) is 8.52. The molecule has 1 N–H and O–H groups in total. The highest BCUT2D eigenvalue weighted by Crippen LogP contribution is 2.31. The van der Waals surface area contributed by atoms with Crippen LogP contribution >= 0.6 is 0 Å². The van der Waals surface area contributed by atoms with Crippen molar-refractivity contribution in [3.8, 4) is 0 Å². The van der Waals surface area contributed by atoms with Crippen LogP contribution in [0, 0.1) is 12.8 Å². The van der Waals surface area contributed by atoms with E-state index in [1.54, 1.807) is 9.58 Å². The third-order valence-electron chi connectivity index (χ3n) is 6.22. The largest absolute Gasteiger partial charge is 0.312 e. The maximum absolute atomic E-state index is 13.0. The minimum Gasteiger partial charge on any atom is -0.312 e. The number of carbonyl (C=O) groups is 2. The molecule has 31 heavy (non-hydrogen) atoms. The quantitative estimate of drug-likeness (QED) is 0.692. The van der Waals surface area contributed by atoms with Gasteiger partial charge in [0, 0.05) is 24.7 Å². The lowest BCUT2D eigenvalue weighted by atomic mass is 10.1. The molecule has 0 radical (unpaired) electrons. The number of hydrogen-bond acceptors (Lipinski definition) is 3. The summed E-state index contributed by atoms with van der Waals surface area (Å²) in [6, 6.07) is 18.2. The smallest absolute Gasteiger partial charge is 0.230 e. The van der Waals surface area contributed by atoms with Gasteiger partial charge in [-0.25, -0.2) is 4.68 Å². The number of carbonyl (C=O) groups excluding carboxylic acids is 2. The van der Waals surface area contributed by atoms with Gasteiger partial charge >= 0.3 is 0 Å². The Balaban J connectivity index is 1.29. The molecule has 158 valence electrons. The summed E-state index contributed by atoms with van der Waals surface area (Å²) in [5, 5.41) is 7.53. The molecule has 1 aliphatic heterocycles. The van der Waals surface area contributed by atoms with Crippen LogP contribution in [0.5, 0.6) is 0 Å². The maximum Gasteiger partial charge on any atom is 0.230 e. The van der Waals surface area contributed by atoms with E-state index >= 15 is 0 Å². The van der Waals surface area contributed by atoms with Crippen molar-refractivity contribution < 1.29 is 9.59 Å². The summed E-state index contributed by atoms with van der Waals surface area (Å²) in [7, 11) is 0. The molecule has 2 amide bonds. The zero-order valence-corrected chi connectivity index (χ0v) is 17.7. The third kappa shape index (κ3) is 3.98. The van der Waals surface area contributed by atoms with E-state index < -0.39 is 0 Å². The van der Waals surface area contributed by atoms with E-state index in [0.29, 0.717) is 18.9 Å². The fraction of sp³-hybridized carbons (Fsp3) is 0.320. The number of aryl methyl sites for hydroxylation is 3. The van der Waals surface area contributed by atoms with E-state index in [1.807, 2.05) is 49.4 Å². The monoisotopic (exact) mass is 414 g/mol. The summed E-state index contributed by atoms with van der Waals surface area (Å²) in [5.41, 5.74) is 5.57. The first-order valence-electron chi connectivity index (χ1n) is 10.9. The molecule has 0 bridgehead atoms. The number of benzene rings is 2. The second kappa shape index (κ2) is 8.02. The van der Waals surface area contributed by atoms with Crippen LogP contribution in [-0.2, 0) is 29.0 Å². The van der Waals surface area contributed by atoms with Crippen LogP contribution in [0.15, 0.2) is 54.6 Å². The number of rotatable bonds is 5. The molecule has 6 heteroatoms. The Bertz CT molecular complexity index is 1140. The summed E-state index contributed by atoms with van der Waals surface area (Å²) < 4.78 is 1.80. The number of amides is 2. The Morgan fingerprint density at radius 2 is 1.90 bits per heavy atom. The topological polar surface area (TPSA) is 67.2 Å². The number of fused-ring (bicyclic) bond motifs is 1. The standard InChI is InChI=1S/C25H26N4O2/c1-17-12-23(29(27-17)15-18-6-3-2-4-7-18)26-25(31)21-14-24(30)28(16-21)22-11-10-19-8-5-9-20(19)13-22/h2-4,6-7,10-13,21H,5,8-9,14-16H2,1H3,(H,26,31). The van der Waals surface area contributed by atoms with Gasteiger partial charge in [0.05, 0.1) is 18.2 Å². The zero-order valence-electron chi connectivity index (χ0n) is 17.7. The Labute approximate surface area is 181 Å². The molecular weight excluding hydrogens is 388 g/mol. The molecule has 1 unspecified atom stereocenters. The molecule has 0 saturated carbocycles. The molecule has 3 aromatic rings. The van der Waals surface area contributed by atoms with Gasteiger partial charge in [-0.15, -0.1) is 0 Å². The van der Waals surface area contributed by atoms with E-state index in [4.69, 9.17) is 0 Å². The van der Waals surface area contributed by atoms with Crippen LogP contribution in [0.3, 0.4) is 0 Å². The molecule has 1 atom stereocenters. The van der Waals surface area contributed by atoms with Crippen molar-refractivity contribution in [1.82, 2.24) is 9.78 Å². The van der Waals surface area contributed by atoms with Crippen molar-refractivity contribution in [3.05, 3.63) is 77.0 Å². The van der Waals surface area contributed by atoms with Gasteiger partial charge in [-0.05, 0) is 55.0 Å². The predicted octanol–water partition coefficient (Wildman–Crippen LogP) is 3.72. The van der Waals surface area contributed by atoms with Gasteiger partial charge in [-0.1, -0.05) is 36.4 Å². The lowest BCUT2D eigenvalue weighted by Gasteiger charge is -2.18. The highest BCUT2D eigenvalue weighted by molar-refractivity contribution is 6.03. The molecule has 2 aliphatic rings. The summed E-state index contributed by atoms with van der Waals surface area (Å²) in [4.78, 5) is 27.4. The molecule has 2 heterocycles. The summed E-state index contributed by atoms with van der Waals surface area (Å²) >= 11 is 0. The normalized spacial score (nSPS) is 17.8. The van der Waals surface area contributed by atoms with Gasteiger partial charge in [0.25, 0.3) is 0 Å². The fourth-order valence-corrected chi connectivity index (χ4v) is 4.61. The van der Waals surface area contributed by atoms with Crippen molar-refractivity contribution in [3.63, 3.8) is 0 Å². The van der Waals surface area contributed by atoms with E-state index in [0.717, 1.165) is 29.8 Å². The maximum atomic E-state index is 13.0. The van der Waals surface area contributed by atoms with Crippen LogP contribution < -0.4 is 10.2 Å². The van der Waals surface area contributed by atoms with Crippen LogP contribution in [-0.4, -0.2) is 28.1 Å². The highest BCUT2D eigenvalue weighted by Gasteiger charge is 2.35. The van der Waals surface area contributed by atoms with E-state index in [2.05, 4.69) is 22.5 Å². The van der Waals surface area contributed by atoms with Gasteiger partial charge < -0.3 is 10.2 Å². The highest BCUT2D eigenvalue weighted by atomic mass is 16.2. The van der Waals surface area contributed by atoms with Crippen molar-refractivity contribution in [2.45, 2.75) is 39.2 Å². The van der Waals surface area contributed by atoms with Crippen molar-refractivity contribution >= 4 is 23.3 Å². The van der Waals surface area contributed by atoms with E-state index in [9.17, 15) is 9.59 Å². The predicted molar refractivity (Wildman–Crippen MR) is 120 cm³/mol. The van der Waals surface area contributed by atoms with Crippen LogP contribution in [0.25, 0.3) is 0 Å². The van der Waals surface area contributed by atoms with Gasteiger partial charge in [0.15, 0.2) is 0 Å². The first-order valence-corrected chi connectivity index (χ1v) is 10.9. The lowest BCUT2D eigenvalue weighted by molar-refractivity contribution is -0.122. The number of aromatic nitrogens is 2. The molecule has 6 nitrogen and oxygen atoms in total. The van der Waals surface area contributed by atoms with Crippen molar-refractivity contribution in [2.24, 2.45) is 5.92 Å². The molecule has 1 aromatic heterocycles. The summed E-state index contributed by atoms with van der Waals surface area (Å²) in [5.74, 6) is 0.161. The first kappa shape index (κ1) is 19.5. The third-order valence-corrected chi connectivity index (χ3v) is 6.22. The van der Waals surface area contributed by atoms with Crippen molar-refractivity contribution in [2.75, 3.05) is 16.8 Å². The van der Waals surface area contributed by atoms with Crippen LogP contribution in [0.1, 0.15) is 35.2 Å². The van der Waals surface area contributed by atoms with Gasteiger partial charge in [0.2, 0.25) is 11.8 Å². The molecule has 1 saturated heterocycles. The average Bonchev–Trinajstić information content (AvgIpc) is 3.47. The fourth-order valence-electron chi connectivity index (χ4n) is 4.61. The van der Waals surface area contributed by atoms with E-state index in [1.165, 1.54) is 17.5 Å². The number of hydrogen-bond donors (Lipinski definition) is 1. The zero-order chi connectivity index (χ0) is 21.4. The van der Waals surface area contributed by atoms with Crippen molar-refractivity contribution in [1.29, 1.82) is 0 Å². The summed E-state index contributed by atoms with van der Waals surface area (Å²) in [6.45, 7) is 2.90. The SMILES string of the molecule is Cc1cc(NC(=O)C2CC(=O)N(c3ccc4c(c3)CCC4)C2)n(Cc2ccccc2)n1. The Hall–Kier alpha value is -3.41. The number of nitrogens with one attached hydrogen (secondary N) is 1. The molecule has 1 aliphatic carbocycles. The van der Waals surface area contributed by atoms with E-state index in [-0.39, 0.29) is 24.2 Å². The Kier molecular flexibility index (Phi) is 5.06. The van der Waals surface area contributed by atoms with Gasteiger partial charge in [-0.2, -0.15) is 5.10 Å². The lowest BCUT2D eigenvalue weighted by Crippen LogP contribution is -2.28. The minimum absolute atomic E-state index is 0.00655. The van der Waals surface area contributed by atoms with Gasteiger partial charge in [0.1, 0.15) is 5.82 Å². The second-order valence-corrected chi connectivity index (χ2v) is 8.52. The van der Waals surface area contributed by atoms with Gasteiger partial charge in [-0.3, -0.25) is 9.59 Å².